The van der Waals surface area contributed by atoms with Gasteiger partial charge in [-0.15, -0.1) is 0 Å². The first-order valence-electron chi connectivity index (χ1n) is 8.28. The van der Waals surface area contributed by atoms with Gasteiger partial charge in [-0.05, 0) is 30.7 Å². The van der Waals surface area contributed by atoms with Gasteiger partial charge in [0.25, 0.3) is 5.91 Å². The third-order valence-electron chi connectivity index (χ3n) is 3.73. The molecule has 0 unspecified atom stereocenters. The SMILES string of the molecule is CC(=O)Nc1ccccc1C(=O)N[C@H](CC[S@@](=O)c1ccccc1)C(N)=O. The second-order valence-electron chi connectivity index (χ2n) is 5.81. The van der Waals surface area contributed by atoms with Gasteiger partial charge in [-0.25, -0.2) is 0 Å². The fourth-order valence-electron chi connectivity index (χ4n) is 2.42. The molecule has 8 heteroatoms. The van der Waals surface area contributed by atoms with Crippen molar-refractivity contribution in [2.75, 3.05) is 11.1 Å². The second kappa shape index (κ2) is 9.63. The lowest BCUT2D eigenvalue weighted by Crippen LogP contribution is -2.45. The zero-order valence-electron chi connectivity index (χ0n) is 14.8. The van der Waals surface area contributed by atoms with Crippen LogP contribution in [-0.4, -0.2) is 33.7 Å². The monoisotopic (exact) mass is 387 g/mol. The van der Waals surface area contributed by atoms with Crippen LogP contribution in [-0.2, 0) is 20.4 Å². The van der Waals surface area contributed by atoms with E-state index in [1.54, 1.807) is 42.5 Å². The number of nitrogens with one attached hydrogen (secondary N) is 2. The van der Waals surface area contributed by atoms with E-state index >= 15 is 0 Å². The molecule has 0 spiro atoms. The van der Waals surface area contributed by atoms with Gasteiger partial charge in [0.2, 0.25) is 11.8 Å². The summed E-state index contributed by atoms with van der Waals surface area (Å²) in [5, 5.41) is 5.12. The number of carbonyl (C=O) groups excluding carboxylic acids is 3. The predicted molar refractivity (Wildman–Crippen MR) is 104 cm³/mol. The van der Waals surface area contributed by atoms with Crippen LogP contribution < -0.4 is 16.4 Å². The Morgan fingerprint density at radius 2 is 1.67 bits per heavy atom. The van der Waals surface area contributed by atoms with E-state index < -0.39 is 28.7 Å². The van der Waals surface area contributed by atoms with Crippen molar-refractivity contribution in [3.8, 4) is 0 Å². The Morgan fingerprint density at radius 3 is 2.30 bits per heavy atom. The van der Waals surface area contributed by atoms with Gasteiger partial charge in [0.1, 0.15) is 6.04 Å². The molecule has 0 aliphatic rings. The van der Waals surface area contributed by atoms with E-state index in [-0.39, 0.29) is 23.6 Å². The summed E-state index contributed by atoms with van der Waals surface area (Å²) in [6, 6.07) is 14.3. The van der Waals surface area contributed by atoms with Gasteiger partial charge in [0.05, 0.1) is 22.1 Å². The molecule has 0 radical (unpaired) electrons. The van der Waals surface area contributed by atoms with Crippen molar-refractivity contribution >= 4 is 34.2 Å². The molecule has 0 aromatic heterocycles. The summed E-state index contributed by atoms with van der Waals surface area (Å²) in [4.78, 5) is 36.2. The van der Waals surface area contributed by atoms with E-state index in [9.17, 15) is 18.6 Å². The average molecular weight is 387 g/mol. The molecule has 3 amide bonds. The quantitative estimate of drug-likeness (QED) is 0.635. The smallest absolute Gasteiger partial charge is 0.254 e. The molecule has 2 aromatic carbocycles. The van der Waals surface area contributed by atoms with Crippen molar-refractivity contribution < 1.29 is 18.6 Å². The number of hydrogen-bond donors (Lipinski definition) is 3. The fraction of sp³-hybridized carbons (Fsp3) is 0.211. The number of benzene rings is 2. The van der Waals surface area contributed by atoms with Gasteiger partial charge in [0.15, 0.2) is 0 Å². The average Bonchev–Trinajstić information content (AvgIpc) is 2.65. The minimum absolute atomic E-state index is 0.130. The highest BCUT2D eigenvalue weighted by Gasteiger charge is 2.21. The topological polar surface area (TPSA) is 118 Å². The van der Waals surface area contributed by atoms with Crippen LogP contribution in [0.3, 0.4) is 0 Å². The number of rotatable bonds is 8. The van der Waals surface area contributed by atoms with Crippen LogP contribution in [0.25, 0.3) is 0 Å². The summed E-state index contributed by atoms with van der Waals surface area (Å²) in [6.45, 7) is 1.33. The molecule has 0 saturated carbocycles. The molecule has 142 valence electrons. The van der Waals surface area contributed by atoms with Gasteiger partial charge < -0.3 is 16.4 Å². The van der Waals surface area contributed by atoms with Crippen LogP contribution >= 0.6 is 0 Å². The summed E-state index contributed by atoms with van der Waals surface area (Å²) in [5.74, 6) is -1.41. The van der Waals surface area contributed by atoms with Crippen LogP contribution in [0.2, 0.25) is 0 Å². The molecule has 0 fully saturated rings. The third kappa shape index (κ3) is 6.03. The molecule has 0 bridgehead atoms. The number of primary amides is 1. The largest absolute Gasteiger partial charge is 0.368 e. The molecule has 27 heavy (non-hydrogen) atoms. The Morgan fingerprint density at radius 1 is 1.04 bits per heavy atom. The maximum Gasteiger partial charge on any atom is 0.254 e. The zero-order chi connectivity index (χ0) is 19.8. The van der Waals surface area contributed by atoms with Gasteiger partial charge >= 0.3 is 0 Å². The van der Waals surface area contributed by atoms with Crippen LogP contribution in [0.15, 0.2) is 59.5 Å². The first kappa shape index (κ1) is 20.3. The number of amides is 3. The molecule has 0 heterocycles. The van der Waals surface area contributed by atoms with Crippen molar-refractivity contribution in [3.63, 3.8) is 0 Å². The Balaban J connectivity index is 2.06. The Hall–Kier alpha value is -3.00. The number of carbonyl (C=O) groups is 3. The maximum absolute atomic E-state index is 12.5. The molecule has 0 aliphatic carbocycles. The molecule has 2 aromatic rings. The summed E-state index contributed by atoms with van der Waals surface area (Å²) in [7, 11) is -1.31. The normalized spacial score (nSPS) is 12.6. The highest BCUT2D eigenvalue weighted by molar-refractivity contribution is 7.85. The molecular formula is C19H21N3O4S. The van der Waals surface area contributed by atoms with Gasteiger partial charge in [-0.2, -0.15) is 0 Å². The zero-order valence-corrected chi connectivity index (χ0v) is 15.6. The highest BCUT2D eigenvalue weighted by Crippen LogP contribution is 2.15. The lowest BCUT2D eigenvalue weighted by molar-refractivity contribution is -0.120. The van der Waals surface area contributed by atoms with E-state index in [0.717, 1.165) is 0 Å². The van der Waals surface area contributed by atoms with Crippen molar-refractivity contribution in [2.45, 2.75) is 24.3 Å². The minimum atomic E-state index is -1.31. The standard InChI is InChI=1S/C19H21N3O4S/c1-13(23)21-16-10-6-5-9-15(16)19(25)22-17(18(20)24)11-12-27(26)14-7-3-2-4-8-14/h2-10,17H,11-12H2,1H3,(H2,20,24)(H,21,23)(H,22,25)/t17-,27-/m1/s1. The lowest BCUT2D eigenvalue weighted by Gasteiger charge is -2.17. The first-order valence-corrected chi connectivity index (χ1v) is 9.60. The number of nitrogens with two attached hydrogens (primary N) is 1. The van der Waals surface area contributed by atoms with Crippen LogP contribution in [0.1, 0.15) is 23.7 Å². The van der Waals surface area contributed by atoms with Crippen LogP contribution in [0.4, 0.5) is 5.69 Å². The Bertz CT molecular complexity index is 855. The van der Waals surface area contributed by atoms with E-state index in [4.69, 9.17) is 5.73 Å². The summed E-state index contributed by atoms with van der Waals surface area (Å²) in [5.41, 5.74) is 5.93. The van der Waals surface area contributed by atoms with E-state index in [1.165, 1.54) is 13.0 Å². The third-order valence-corrected chi connectivity index (χ3v) is 5.13. The van der Waals surface area contributed by atoms with Crippen LogP contribution in [0.5, 0.6) is 0 Å². The van der Waals surface area contributed by atoms with Gasteiger partial charge in [0, 0.05) is 17.6 Å². The summed E-state index contributed by atoms with van der Waals surface area (Å²) < 4.78 is 12.3. The van der Waals surface area contributed by atoms with Gasteiger partial charge in [-0.3, -0.25) is 18.6 Å². The molecule has 2 atom stereocenters. The van der Waals surface area contributed by atoms with Crippen molar-refractivity contribution in [1.29, 1.82) is 0 Å². The Kier molecular flexibility index (Phi) is 7.25. The van der Waals surface area contributed by atoms with Gasteiger partial charge in [-0.1, -0.05) is 30.3 Å². The molecule has 0 saturated heterocycles. The predicted octanol–water partition coefficient (Wildman–Crippen LogP) is 1.43. The molecule has 0 aliphatic heterocycles. The number of hydrogen-bond acceptors (Lipinski definition) is 4. The lowest BCUT2D eigenvalue weighted by atomic mass is 10.1. The molecule has 4 N–H and O–H groups in total. The maximum atomic E-state index is 12.5. The number of para-hydroxylation sites is 1. The van der Waals surface area contributed by atoms with E-state index in [0.29, 0.717) is 10.6 Å². The molecule has 2 rings (SSSR count). The Labute approximate surface area is 159 Å². The first-order chi connectivity index (χ1) is 12.9. The van der Waals surface area contributed by atoms with E-state index in [1.807, 2.05) is 6.07 Å². The number of anilines is 1. The van der Waals surface area contributed by atoms with Crippen molar-refractivity contribution in [2.24, 2.45) is 5.73 Å². The summed E-state index contributed by atoms with van der Waals surface area (Å²) >= 11 is 0. The summed E-state index contributed by atoms with van der Waals surface area (Å²) in [6.07, 6.45) is 0.130. The minimum Gasteiger partial charge on any atom is -0.368 e. The molecule has 7 nitrogen and oxygen atoms in total. The van der Waals surface area contributed by atoms with Crippen molar-refractivity contribution in [1.82, 2.24) is 5.32 Å². The van der Waals surface area contributed by atoms with Crippen molar-refractivity contribution in [3.05, 3.63) is 60.2 Å². The highest BCUT2D eigenvalue weighted by atomic mass is 32.2. The van der Waals surface area contributed by atoms with E-state index in [2.05, 4.69) is 10.6 Å². The molecular weight excluding hydrogens is 366 g/mol. The fourth-order valence-corrected chi connectivity index (χ4v) is 3.56. The second-order valence-corrected chi connectivity index (χ2v) is 7.38. The van der Waals surface area contributed by atoms with Crippen LogP contribution in [0, 0.1) is 0 Å².